The summed E-state index contributed by atoms with van der Waals surface area (Å²) in [5, 5.41) is 2.95. The summed E-state index contributed by atoms with van der Waals surface area (Å²) in [5.41, 5.74) is 1.39. The van der Waals surface area contributed by atoms with Crippen molar-refractivity contribution in [3.05, 3.63) is 58.6 Å². The predicted molar refractivity (Wildman–Crippen MR) is 146 cm³/mol. The molecule has 8 nitrogen and oxygen atoms in total. The lowest BCUT2D eigenvalue weighted by atomic mass is 10.1. The van der Waals surface area contributed by atoms with Gasteiger partial charge in [-0.1, -0.05) is 35.0 Å². The molecule has 0 aliphatic rings. The number of carbonyl (C=O) groups excluding carboxylic acids is 2. The summed E-state index contributed by atoms with van der Waals surface area (Å²) in [6.45, 7) is 6.03. The van der Waals surface area contributed by atoms with Crippen LogP contribution >= 0.6 is 15.9 Å². The molecule has 0 aliphatic carbocycles. The third kappa shape index (κ3) is 8.81. The number of ether oxygens (including phenoxy) is 1. The molecule has 0 radical (unpaired) electrons. The number of hydrogen-bond donors (Lipinski definition) is 1. The van der Waals surface area contributed by atoms with Crippen molar-refractivity contribution in [2.75, 3.05) is 24.2 Å². The Balaban J connectivity index is 2.16. The lowest BCUT2D eigenvalue weighted by Crippen LogP contribution is -2.49. The van der Waals surface area contributed by atoms with Gasteiger partial charge in [0.25, 0.3) is 0 Å². The quantitative estimate of drug-likeness (QED) is 0.379. The second kappa shape index (κ2) is 13.6. The number of benzene rings is 2. The lowest BCUT2D eigenvalue weighted by molar-refractivity contribution is -0.140. The van der Waals surface area contributed by atoms with Crippen molar-refractivity contribution in [3.63, 3.8) is 0 Å². The lowest BCUT2D eigenvalue weighted by Gasteiger charge is -2.30. The summed E-state index contributed by atoms with van der Waals surface area (Å²) in [6, 6.07) is 13.6. The maximum atomic E-state index is 13.3. The van der Waals surface area contributed by atoms with Gasteiger partial charge in [0, 0.05) is 30.0 Å². The van der Waals surface area contributed by atoms with Crippen LogP contribution in [0.2, 0.25) is 0 Å². The topological polar surface area (TPSA) is 96.0 Å². The smallest absolute Gasteiger partial charge is 0.242 e. The highest BCUT2D eigenvalue weighted by molar-refractivity contribution is 9.10. The van der Waals surface area contributed by atoms with Crippen molar-refractivity contribution >= 4 is 43.5 Å². The van der Waals surface area contributed by atoms with Crippen LogP contribution in [-0.2, 0) is 26.2 Å². The van der Waals surface area contributed by atoms with Crippen LogP contribution in [0.5, 0.6) is 5.75 Å². The number of nitrogens with zero attached hydrogens (tertiary/aromatic N) is 2. The minimum absolute atomic E-state index is 0.00241. The van der Waals surface area contributed by atoms with Crippen LogP contribution in [0, 0.1) is 0 Å². The Bertz CT molecular complexity index is 1110. The van der Waals surface area contributed by atoms with Crippen LogP contribution in [0.3, 0.4) is 0 Å². The van der Waals surface area contributed by atoms with Crippen molar-refractivity contribution in [2.24, 2.45) is 0 Å². The molecule has 0 aliphatic heterocycles. The number of nitrogens with one attached hydrogen (secondary N) is 1. The first kappa shape index (κ1) is 29.6. The number of halogens is 1. The van der Waals surface area contributed by atoms with E-state index in [4.69, 9.17) is 4.74 Å². The van der Waals surface area contributed by atoms with Gasteiger partial charge in [0.1, 0.15) is 11.8 Å². The van der Waals surface area contributed by atoms with E-state index in [1.165, 1.54) is 4.31 Å². The largest absolute Gasteiger partial charge is 0.497 e. The van der Waals surface area contributed by atoms with E-state index in [1.807, 2.05) is 38.1 Å². The molecule has 0 aromatic heterocycles. The Labute approximate surface area is 223 Å². The molecule has 0 heterocycles. The number of hydrogen-bond acceptors (Lipinski definition) is 5. The Morgan fingerprint density at radius 3 is 2.19 bits per heavy atom. The summed E-state index contributed by atoms with van der Waals surface area (Å²) < 4.78 is 32.2. The first-order chi connectivity index (χ1) is 17.0. The summed E-state index contributed by atoms with van der Waals surface area (Å²) >= 11 is 3.41. The molecule has 1 N–H and O–H groups in total. The van der Waals surface area contributed by atoms with E-state index in [9.17, 15) is 18.0 Å². The van der Waals surface area contributed by atoms with E-state index >= 15 is 0 Å². The fourth-order valence-electron chi connectivity index (χ4n) is 3.59. The number of methoxy groups -OCH3 is 1. The molecule has 2 rings (SSSR count). The molecule has 0 unspecified atom stereocenters. The molecule has 2 atom stereocenters. The van der Waals surface area contributed by atoms with Crippen LogP contribution in [0.15, 0.2) is 53.0 Å². The monoisotopic (exact) mass is 581 g/mol. The van der Waals surface area contributed by atoms with Gasteiger partial charge in [0.05, 0.1) is 19.1 Å². The van der Waals surface area contributed by atoms with Crippen molar-refractivity contribution in [3.8, 4) is 5.75 Å². The number of sulfonamides is 1. The Morgan fingerprint density at radius 1 is 1.06 bits per heavy atom. The van der Waals surface area contributed by atoms with Crippen LogP contribution in [0.25, 0.3) is 0 Å². The normalized spacial score (nSPS) is 12.9. The fourth-order valence-corrected chi connectivity index (χ4v) is 4.82. The van der Waals surface area contributed by atoms with Gasteiger partial charge in [-0.25, -0.2) is 8.42 Å². The Kier molecular flexibility index (Phi) is 11.2. The van der Waals surface area contributed by atoms with Gasteiger partial charge < -0.3 is 15.0 Å². The molecule has 2 amide bonds. The Morgan fingerprint density at radius 2 is 1.67 bits per heavy atom. The number of anilines is 1. The van der Waals surface area contributed by atoms with Crippen LogP contribution in [0.1, 0.15) is 45.6 Å². The number of carbonyl (C=O) groups is 2. The highest BCUT2D eigenvalue weighted by Crippen LogP contribution is 2.22. The molecule has 198 valence electrons. The molecule has 0 bridgehead atoms. The maximum absolute atomic E-state index is 13.3. The van der Waals surface area contributed by atoms with E-state index in [-0.39, 0.29) is 37.4 Å². The van der Waals surface area contributed by atoms with E-state index < -0.39 is 16.1 Å². The highest BCUT2D eigenvalue weighted by Gasteiger charge is 2.27. The maximum Gasteiger partial charge on any atom is 0.242 e. The summed E-state index contributed by atoms with van der Waals surface area (Å²) in [4.78, 5) is 27.7. The SMILES string of the molecule is CC[C@H](C)NC(=O)[C@H](C)N(Cc1ccc(Br)cc1)C(=O)CCCN(c1ccc(OC)cc1)S(C)(=O)=O. The molecule has 0 saturated carbocycles. The van der Waals surface area contributed by atoms with Gasteiger partial charge in [0.15, 0.2) is 0 Å². The highest BCUT2D eigenvalue weighted by atomic mass is 79.9. The fraction of sp³-hybridized carbons (Fsp3) is 0.462. The first-order valence-corrected chi connectivity index (χ1v) is 14.6. The Hall–Kier alpha value is -2.59. The van der Waals surface area contributed by atoms with E-state index in [1.54, 1.807) is 43.2 Å². The zero-order valence-corrected chi connectivity index (χ0v) is 23.9. The van der Waals surface area contributed by atoms with Gasteiger partial charge in [-0.15, -0.1) is 0 Å². The molecule has 0 fully saturated rings. The van der Waals surface area contributed by atoms with Crippen molar-refractivity contribution in [2.45, 2.75) is 58.7 Å². The molecule has 10 heteroatoms. The third-order valence-corrected chi connectivity index (χ3v) is 7.67. The minimum atomic E-state index is -3.56. The second-order valence-corrected chi connectivity index (χ2v) is 11.6. The van der Waals surface area contributed by atoms with Crippen LogP contribution < -0.4 is 14.4 Å². The predicted octanol–water partition coefficient (Wildman–Crippen LogP) is 4.34. The van der Waals surface area contributed by atoms with Gasteiger partial charge in [-0.2, -0.15) is 0 Å². The average molecular weight is 583 g/mol. The van der Waals surface area contributed by atoms with Crippen molar-refractivity contribution < 1.29 is 22.7 Å². The van der Waals surface area contributed by atoms with Gasteiger partial charge in [-0.05, 0) is 68.7 Å². The first-order valence-electron chi connectivity index (χ1n) is 11.9. The van der Waals surface area contributed by atoms with E-state index in [0.717, 1.165) is 22.7 Å². The molecule has 0 saturated heterocycles. The molecular formula is C26H36BrN3O5S. The summed E-state index contributed by atoms with van der Waals surface area (Å²) in [5.74, 6) is 0.189. The van der Waals surface area contributed by atoms with Gasteiger partial charge in [0.2, 0.25) is 21.8 Å². The van der Waals surface area contributed by atoms with E-state index in [2.05, 4.69) is 21.2 Å². The molecule has 36 heavy (non-hydrogen) atoms. The zero-order chi connectivity index (χ0) is 26.9. The zero-order valence-electron chi connectivity index (χ0n) is 21.5. The summed E-state index contributed by atoms with van der Waals surface area (Å²) in [7, 11) is -2.01. The van der Waals surface area contributed by atoms with Crippen LogP contribution in [-0.4, -0.2) is 57.1 Å². The van der Waals surface area contributed by atoms with Crippen molar-refractivity contribution in [1.82, 2.24) is 10.2 Å². The number of amides is 2. The molecule has 0 spiro atoms. The molecule has 2 aromatic carbocycles. The van der Waals surface area contributed by atoms with Crippen LogP contribution in [0.4, 0.5) is 5.69 Å². The average Bonchev–Trinajstić information content (AvgIpc) is 2.85. The van der Waals surface area contributed by atoms with E-state index in [0.29, 0.717) is 17.9 Å². The van der Waals surface area contributed by atoms with Crippen molar-refractivity contribution in [1.29, 1.82) is 0 Å². The third-order valence-electron chi connectivity index (χ3n) is 5.95. The standard InChI is InChI=1S/C26H36BrN3O5S/c1-6-19(2)28-26(32)20(3)29(18-21-9-11-22(27)12-10-21)25(31)8-7-17-30(36(5,33)34)23-13-15-24(35-4)16-14-23/h9-16,19-20H,6-8,17-18H2,1-5H3,(H,28,32)/t19-,20-/m0/s1. The molecule has 2 aromatic rings. The number of rotatable bonds is 13. The van der Waals surface area contributed by atoms with Gasteiger partial charge >= 0.3 is 0 Å². The van der Waals surface area contributed by atoms with Gasteiger partial charge in [-0.3, -0.25) is 13.9 Å². The summed E-state index contributed by atoms with van der Waals surface area (Å²) in [6.07, 6.45) is 2.32. The second-order valence-electron chi connectivity index (χ2n) is 8.78. The minimum Gasteiger partial charge on any atom is -0.497 e. The molecular weight excluding hydrogens is 546 g/mol.